The summed E-state index contributed by atoms with van der Waals surface area (Å²) in [6.45, 7) is 22.5. The topological polar surface area (TPSA) is 186 Å². The molecule has 4 N–H and O–H groups in total. The first-order chi connectivity index (χ1) is 33.7. The third-order valence-electron chi connectivity index (χ3n) is 10.8. The largest absolute Gasteiger partial charge is 0.506 e. The summed E-state index contributed by atoms with van der Waals surface area (Å²) in [7, 11) is -13.1. The molecule has 4 aromatic rings. The number of hydrogen-bond acceptors (Lipinski definition) is 16. The van der Waals surface area contributed by atoms with Gasteiger partial charge in [0.1, 0.15) is 23.0 Å². The van der Waals surface area contributed by atoms with Gasteiger partial charge in [-0.1, -0.05) is 74.7 Å². The lowest BCUT2D eigenvalue weighted by atomic mass is 10.2. The van der Waals surface area contributed by atoms with Crippen molar-refractivity contribution in [3.63, 3.8) is 0 Å². The molecule has 0 radical (unpaired) electrons. The summed E-state index contributed by atoms with van der Waals surface area (Å²) in [6.07, 6.45) is 2.67. The Morgan fingerprint density at radius 2 is 0.500 bits per heavy atom. The van der Waals surface area contributed by atoms with Crippen molar-refractivity contribution in [2.45, 2.75) is 197 Å². The van der Waals surface area contributed by atoms with Gasteiger partial charge in [0.15, 0.2) is 0 Å². The first-order valence-electron chi connectivity index (χ1n) is 24.9. The molecule has 1 heterocycles. The van der Waals surface area contributed by atoms with Gasteiger partial charge in [-0.15, -0.1) is 0 Å². The first kappa shape index (κ1) is 61.1. The van der Waals surface area contributed by atoms with Crippen LogP contribution in [-0.4, -0.2) is 69.5 Å². The van der Waals surface area contributed by atoms with Gasteiger partial charge in [-0.05, 0) is 152 Å². The minimum atomic E-state index is -3.27. The molecule has 20 heteroatoms. The second kappa shape index (κ2) is 26.5. The van der Waals surface area contributed by atoms with E-state index in [9.17, 15) is 38.7 Å². The predicted octanol–water partition coefficient (Wildman–Crippen LogP) is 17.9. The van der Waals surface area contributed by atoms with Crippen LogP contribution in [0.5, 0.6) is 23.0 Å². The summed E-state index contributed by atoms with van der Waals surface area (Å²) in [5.41, 5.74) is 2.38. The van der Waals surface area contributed by atoms with Gasteiger partial charge in [0.05, 0.1) is 63.6 Å². The van der Waals surface area contributed by atoms with E-state index < -0.39 is 29.5 Å². The van der Waals surface area contributed by atoms with E-state index in [1.54, 1.807) is 48.5 Å². The van der Waals surface area contributed by atoms with E-state index in [1.165, 1.54) is 0 Å². The monoisotopic (exact) mass is 1140 g/mol. The molecule has 4 atom stereocenters. The van der Waals surface area contributed by atoms with Crippen LogP contribution in [0, 0.1) is 0 Å². The number of phenolic OH excluding ortho intramolecular Hbond substituents is 4. The maximum Gasteiger partial charge on any atom is 0.207 e. The molecule has 5 rings (SSSR count). The summed E-state index contributed by atoms with van der Waals surface area (Å²) >= 11 is 4.27. The van der Waals surface area contributed by atoms with Crippen LogP contribution in [-0.2, 0) is 61.0 Å². The molecule has 400 valence electrons. The molecule has 0 fully saturated rings. The highest BCUT2D eigenvalue weighted by Crippen LogP contribution is 2.60. The van der Waals surface area contributed by atoms with E-state index in [1.807, 2.05) is 83.1 Å². The third-order valence-corrected chi connectivity index (χ3v) is 26.2. The van der Waals surface area contributed by atoms with E-state index in [0.717, 1.165) is 47.0 Å². The van der Waals surface area contributed by atoms with E-state index >= 15 is 0 Å². The molecular weight excluding hydrogens is 1070 g/mol. The number of hydrogen-bond donors (Lipinski definition) is 4. The van der Waals surface area contributed by atoms with Gasteiger partial charge >= 0.3 is 0 Å². The van der Waals surface area contributed by atoms with Crippen LogP contribution in [0.25, 0.3) is 0 Å². The lowest BCUT2D eigenvalue weighted by Crippen LogP contribution is -2.06. The Hall–Kier alpha value is -1.76. The molecule has 0 spiro atoms. The number of phenols is 4. The minimum Gasteiger partial charge on any atom is -0.506 e. The molecule has 1 aliphatic heterocycles. The highest BCUT2D eigenvalue weighted by atomic mass is 32.2. The first-order valence-corrected chi connectivity index (χ1v) is 36.2. The third kappa shape index (κ3) is 17.1. The van der Waals surface area contributed by atoms with Crippen molar-refractivity contribution >= 4 is 76.5 Å². The van der Waals surface area contributed by atoms with Crippen LogP contribution in [0.2, 0.25) is 0 Å². The fraction of sp³-hybridized carbons (Fsp3) is 0.538. The Morgan fingerprint density at radius 1 is 0.347 bits per heavy atom. The van der Waals surface area contributed by atoms with Crippen LogP contribution in [0.15, 0.2) is 87.7 Å². The number of rotatable bonds is 24. The molecule has 0 aliphatic carbocycles. The van der Waals surface area contributed by atoms with Crippen LogP contribution >= 0.6 is 76.5 Å². The fourth-order valence-corrected chi connectivity index (χ4v) is 23.3. The van der Waals surface area contributed by atoms with Crippen LogP contribution in [0.3, 0.4) is 0 Å². The molecule has 4 aromatic carbocycles. The number of aromatic hydroxyl groups is 4. The van der Waals surface area contributed by atoms with Gasteiger partial charge in [0.2, 0.25) is 29.5 Å². The van der Waals surface area contributed by atoms with Crippen molar-refractivity contribution in [3.05, 3.63) is 70.8 Å². The summed E-state index contributed by atoms with van der Waals surface area (Å²) in [5, 5.41) is 49.5. The van der Waals surface area contributed by atoms with Gasteiger partial charge in [-0.2, -0.15) is 0 Å². The maximum atomic E-state index is 14.5. The maximum absolute atomic E-state index is 14.5. The SMILES string of the molecule is CCC[P@](=O)(Cc1cc2c(O)c(c1)Sc1cc(C[P@@](=O)(CCC)OC(C)C)cc(c1O)Sc1cc(C[P@@](=O)(CCC)OC(C)C)cc(c1O)Sc1cc(C[P@@](=O)(CCC)OC(C)C)cc(c1O)S2)OC(C)C. The fourth-order valence-electron chi connectivity index (χ4n) is 8.70. The predicted molar refractivity (Wildman–Crippen MR) is 300 cm³/mol. The van der Waals surface area contributed by atoms with Crippen LogP contribution in [0.1, 0.15) is 131 Å². The minimum absolute atomic E-state index is 0.0454. The molecule has 72 heavy (non-hydrogen) atoms. The summed E-state index contributed by atoms with van der Waals surface area (Å²) in [6, 6.07) is 13.9. The Kier molecular flexibility index (Phi) is 22.5. The Morgan fingerprint density at radius 3 is 0.625 bits per heavy atom. The van der Waals surface area contributed by atoms with Crippen molar-refractivity contribution in [2.75, 3.05) is 24.6 Å². The Labute approximate surface area is 445 Å². The molecule has 0 saturated heterocycles. The van der Waals surface area contributed by atoms with Crippen molar-refractivity contribution in [3.8, 4) is 23.0 Å². The van der Waals surface area contributed by atoms with Gasteiger partial charge in [0.25, 0.3) is 0 Å². The number of benzene rings is 4. The summed E-state index contributed by atoms with van der Waals surface area (Å²) < 4.78 is 82.6. The molecule has 0 saturated carbocycles. The quantitative estimate of drug-likeness (QED) is 0.0427. The number of fused-ring (bicyclic) bond motifs is 8. The molecular formula is C52H76O12P4S4. The van der Waals surface area contributed by atoms with Gasteiger partial charge in [-0.3, -0.25) is 18.3 Å². The molecule has 12 nitrogen and oxygen atoms in total. The zero-order chi connectivity index (χ0) is 53.3. The normalized spacial score (nSPS) is 16.4. The molecule has 0 aromatic heterocycles. The average Bonchev–Trinajstić information content (AvgIpc) is 3.22. The highest BCUT2D eigenvalue weighted by Gasteiger charge is 2.32. The second-order valence-corrected chi connectivity index (χ2v) is 34.3. The Bertz CT molecular complexity index is 2270. The highest BCUT2D eigenvalue weighted by molar-refractivity contribution is 8.01. The van der Waals surface area contributed by atoms with Gasteiger partial charge < -0.3 is 38.5 Å². The summed E-state index contributed by atoms with van der Waals surface area (Å²) in [5.74, 6) is -0.662. The van der Waals surface area contributed by atoms with Crippen molar-refractivity contribution < 1.29 is 56.8 Å². The van der Waals surface area contributed by atoms with E-state index in [4.69, 9.17) is 18.1 Å². The second-order valence-electron chi connectivity index (χ2n) is 19.6. The van der Waals surface area contributed by atoms with E-state index in [-0.39, 0.29) is 72.1 Å². The van der Waals surface area contributed by atoms with Crippen molar-refractivity contribution in [1.82, 2.24) is 0 Å². The van der Waals surface area contributed by atoms with Crippen LogP contribution < -0.4 is 0 Å². The Balaban J connectivity index is 1.88. The summed E-state index contributed by atoms with van der Waals surface area (Å²) in [4.78, 5) is 2.45. The van der Waals surface area contributed by atoms with Crippen molar-refractivity contribution in [1.29, 1.82) is 0 Å². The standard InChI is InChI=1S/C52H76O12P4S4/c1-13-17-65(57,61-33(5)6)29-37-21-41-49(53)42(22-37)70-44-24-39(31-67(59,19-15-3)63-35(9)10)26-46(51(44)55)72-48-28-40(32-68(60,20-16-4)64-36(11)12)27-47(52(48)56)71-45-25-38(23-43(69-41)50(45)54)30-66(58,18-14-2)62-34(7)8/h21-28,33-36,53-56H,13-20,29-32H2,1-12H3/t65-,66-,67-,68-/m1/s1. The zero-order valence-electron chi connectivity index (χ0n) is 43.9. The van der Waals surface area contributed by atoms with Crippen LogP contribution in [0.4, 0.5) is 0 Å². The van der Waals surface area contributed by atoms with E-state index in [2.05, 4.69) is 0 Å². The molecule has 8 bridgehead atoms. The van der Waals surface area contributed by atoms with E-state index in [0.29, 0.717) is 112 Å². The van der Waals surface area contributed by atoms with Crippen molar-refractivity contribution in [2.24, 2.45) is 0 Å². The lowest BCUT2D eigenvalue weighted by Gasteiger charge is -2.24. The zero-order valence-corrected chi connectivity index (χ0v) is 50.7. The average molecular weight is 1150 g/mol. The van der Waals surface area contributed by atoms with Gasteiger partial charge in [-0.25, -0.2) is 0 Å². The van der Waals surface area contributed by atoms with Gasteiger partial charge in [0, 0.05) is 49.3 Å². The molecule has 0 unspecified atom stereocenters. The molecule has 0 amide bonds. The smallest absolute Gasteiger partial charge is 0.207 e. The lowest BCUT2D eigenvalue weighted by molar-refractivity contribution is 0.241. The molecule has 1 aliphatic rings.